The molecule has 1 unspecified atom stereocenters. The molecule has 0 saturated carbocycles. The van der Waals surface area contributed by atoms with Gasteiger partial charge in [0.1, 0.15) is 5.82 Å². The summed E-state index contributed by atoms with van der Waals surface area (Å²) in [6.45, 7) is 0.708. The second kappa shape index (κ2) is 9.09. The number of carbonyl (C=O) groups is 1. The predicted molar refractivity (Wildman–Crippen MR) is 115 cm³/mol. The van der Waals surface area contributed by atoms with Crippen LogP contribution in [0.1, 0.15) is 27.9 Å². The summed E-state index contributed by atoms with van der Waals surface area (Å²) < 4.78 is 13.7. The van der Waals surface area contributed by atoms with Gasteiger partial charge in [-0.15, -0.1) is 0 Å². The topological polar surface area (TPSA) is 41.9 Å². The van der Waals surface area contributed by atoms with Crippen LogP contribution in [0.25, 0.3) is 0 Å². The van der Waals surface area contributed by atoms with E-state index in [0.29, 0.717) is 30.1 Å². The van der Waals surface area contributed by atoms with Crippen molar-refractivity contribution in [2.75, 3.05) is 6.54 Å². The monoisotopic (exact) mass is 422 g/mol. The summed E-state index contributed by atoms with van der Waals surface area (Å²) in [6, 6.07) is 22.9. The van der Waals surface area contributed by atoms with Gasteiger partial charge in [0.15, 0.2) is 6.10 Å². The van der Waals surface area contributed by atoms with Gasteiger partial charge in [-0.1, -0.05) is 71.4 Å². The van der Waals surface area contributed by atoms with Crippen molar-refractivity contribution in [3.8, 4) is 0 Å². The van der Waals surface area contributed by atoms with E-state index in [2.05, 4.69) is 5.16 Å². The van der Waals surface area contributed by atoms with Crippen LogP contribution in [0.4, 0.5) is 4.39 Å². The van der Waals surface area contributed by atoms with Crippen LogP contribution in [0.2, 0.25) is 5.02 Å². The van der Waals surface area contributed by atoms with Gasteiger partial charge in [-0.05, 0) is 29.8 Å². The number of carbonyl (C=O) groups excluding carboxylic acids is 1. The van der Waals surface area contributed by atoms with Crippen LogP contribution in [0.15, 0.2) is 84.0 Å². The predicted octanol–water partition coefficient (Wildman–Crippen LogP) is 5.31. The van der Waals surface area contributed by atoms with Gasteiger partial charge < -0.3 is 9.74 Å². The summed E-state index contributed by atoms with van der Waals surface area (Å²) in [5.74, 6) is -0.699. The first-order chi connectivity index (χ1) is 14.6. The van der Waals surface area contributed by atoms with Gasteiger partial charge in [0.25, 0.3) is 5.91 Å². The zero-order chi connectivity index (χ0) is 20.9. The van der Waals surface area contributed by atoms with Crippen LogP contribution in [0.3, 0.4) is 0 Å². The fraction of sp³-hybridized carbons (Fsp3) is 0.167. The summed E-state index contributed by atoms with van der Waals surface area (Å²) in [4.78, 5) is 20.4. The molecule has 1 atom stereocenters. The number of nitrogens with zero attached hydrogens (tertiary/aromatic N) is 2. The maximum atomic E-state index is 13.7. The highest BCUT2D eigenvalue weighted by molar-refractivity contribution is 6.34. The van der Waals surface area contributed by atoms with E-state index in [9.17, 15) is 9.18 Å². The van der Waals surface area contributed by atoms with Crippen LogP contribution in [0, 0.1) is 5.82 Å². The standard InChI is InChI=1S/C24H20ClFN2O2/c25-22-12-5-4-11-21(22)23-14-20(30-27-23)16-28(15-17-7-2-1-3-8-17)24(29)18-9-6-10-19(26)13-18/h1-13,20H,14-16H2. The Hall–Kier alpha value is -3.18. The molecule has 6 heteroatoms. The molecule has 1 heterocycles. The van der Waals surface area contributed by atoms with E-state index in [1.54, 1.807) is 11.0 Å². The molecule has 3 aromatic carbocycles. The molecular weight excluding hydrogens is 403 g/mol. The molecule has 0 bridgehead atoms. The Morgan fingerprint density at radius 1 is 1.07 bits per heavy atom. The minimum absolute atomic E-state index is 0.256. The Bertz CT molecular complexity index is 1070. The van der Waals surface area contributed by atoms with E-state index in [-0.39, 0.29) is 12.0 Å². The van der Waals surface area contributed by atoms with Crippen LogP contribution >= 0.6 is 11.6 Å². The minimum Gasteiger partial charge on any atom is -0.390 e. The summed E-state index contributed by atoms with van der Waals surface area (Å²) in [5, 5.41) is 4.80. The molecule has 1 aliphatic rings. The van der Waals surface area contributed by atoms with Crippen LogP contribution in [-0.2, 0) is 11.4 Å². The van der Waals surface area contributed by atoms with Crippen molar-refractivity contribution in [3.63, 3.8) is 0 Å². The molecular formula is C24H20ClFN2O2. The number of oxime groups is 1. The lowest BCUT2D eigenvalue weighted by molar-refractivity contribution is 0.0405. The second-order valence-corrected chi connectivity index (χ2v) is 7.54. The zero-order valence-corrected chi connectivity index (χ0v) is 16.9. The van der Waals surface area contributed by atoms with E-state index in [1.807, 2.05) is 54.6 Å². The third-order valence-corrected chi connectivity index (χ3v) is 5.25. The van der Waals surface area contributed by atoms with Gasteiger partial charge in [-0.3, -0.25) is 4.79 Å². The summed E-state index contributed by atoms with van der Waals surface area (Å²) in [6.07, 6.45) is 0.225. The minimum atomic E-state index is -0.443. The molecule has 0 aliphatic carbocycles. The van der Waals surface area contributed by atoms with Gasteiger partial charge in [-0.2, -0.15) is 0 Å². The fourth-order valence-electron chi connectivity index (χ4n) is 3.45. The van der Waals surface area contributed by atoms with Crippen molar-refractivity contribution < 1.29 is 14.0 Å². The fourth-order valence-corrected chi connectivity index (χ4v) is 3.70. The van der Waals surface area contributed by atoms with E-state index in [0.717, 1.165) is 16.8 Å². The van der Waals surface area contributed by atoms with Crippen molar-refractivity contribution in [1.82, 2.24) is 4.90 Å². The van der Waals surface area contributed by atoms with Crippen molar-refractivity contribution in [3.05, 3.63) is 106 Å². The number of rotatable bonds is 6. The Balaban J connectivity index is 1.52. The molecule has 30 heavy (non-hydrogen) atoms. The third-order valence-electron chi connectivity index (χ3n) is 4.92. The molecule has 4 rings (SSSR count). The van der Waals surface area contributed by atoms with Crippen molar-refractivity contribution in [2.45, 2.75) is 19.1 Å². The Morgan fingerprint density at radius 2 is 1.83 bits per heavy atom. The van der Waals surface area contributed by atoms with E-state index in [4.69, 9.17) is 16.4 Å². The van der Waals surface area contributed by atoms with Crippen molar-refractivity contribution >= 4 is 23.2 Å². The highest BCUT2D eigenvalue weighted by Crippen LogP contribution is 2.24. The van der Waals surface area contributed by atoms with Crippen molar-refractivity contribution in [1.29, 1.82) is 0 Å². The first-order valence-corrected chi connectivity index (χ1v) is 10.0. The first-order valence-electron chi connectivity index (χ1n) is 9.66. The van der Waals surface area contributed by atoms with Crippen LogP contribution in [-0.4, -0.2) is 29.2 Å². The van der Waals surface area contributed by atoms with Gasteiger partial charge in [0.2, 0.25) is 0 Å². The molecule has 0 aromatic heterocycles. The summed E-state index contributed by atoms with van der Waals surface area (Å²) in [5.41, 5.74) is 2.86. The average Bonchev–Trinajstić information content (AvgIpc) is 3.22. The number of hydrogen-bond donors (Lipinski definition) is 0. The summed E-state index contributed by atoms with van der Waals surface area (Å²) >= 11 is 6.27. The highest BCUT2D eigenvalue weighted by atomic mass is 35.5. The van der Waals surface area contributed by atoms with Crippen molar-refractivity contribution in [2.24, 2.45) is 5.16 Å². The van der Waals surface area contributed by atoms with E-state index in [1.165, 1.54) is 18.2 Å². The third kappa shape index (κ3) is 4.69. The van der Waals surface area contributed by atoms with Gasteiger partial charge in [-0.25, -0.2) is 4.39 Å². The Labute approximate surface area is 179 Å². The largest absolute Gasteiger partial charge is 0.390 e. The van der Waals surface area contributed by atoms with Gasteiger partial charge in [0, 0.05) is 29.1 Å². The maximum absolute atomic E-state index is 13.7. The maximum Gasteiger partial charge on any atom is 0.254 e. The lowest BCUT2D eigenvalue weighted by atomic mass is 10.0. The smallest absolute Gasteiger partial charge is 0.254 e. The second-order valence-electron chi connectivity index (χ2n) is 7.13. The SMILES string of the molecule is O=C(c1cccc(F)c1)N(Cc1ccccc1)CC1CC(c2ccccc2Cl)=NO1. The number of amides is 1. The Morgan fingerprint density at radius 3 is 2.60 bits per heavy atom. The molecule has 152 valence electrons. The van der Waals surface area contributed by atoms with Crippen LogP contribution < -0.4 is 0 Å². The molecule has 1 amide bonds. The van der Waals surface area contributed by atoms with Gasteiger partial charge in [0.05, 0.1) is 12.3 Å². The molecule has 4 nitrogen and oxygen atoms in total. The molecule has 0 fully saturated rings. The molecule has 3 aromatic rings. The number of benzene rings is 3. The van der Waals surface area contributed by atoms with E-state index >= 15 is 0 Å². The quantitative estimate of drug-likeness (QED) is 0.540. The normalized spacial score (nSPS) is 15.4. The molecule has 0 N–H and O–H groups in total. The Kier molecular flexibility index (Phi) is 6.10. The number of hydrogen-bond acceptors (Lipinski definition) is 3. The van der Waals surface area contributed by atoms with E-state index < -0.39 is 5.82 Å². The van der Waals surface area contributed by atoms with Crippen LogP contribution in [0.5, 0.6) is 0 Å². The number of halogens is 2. The lowest BCUT2D eigenvalue weighted by Crippen LogP contribution is -2.37. The molecule has 0 radical (unpaired) electrons. The molecule has 0 saturated heterocycles. The van der Waals surface area contributed by atoms with Gasteiger partial charge >= 0.3 is 0 Å². The first kappa shape index (κ1) is 20.1. The zero-order valence-electron chi connectivity index (χ0n) is 16.2. The summed E-state index contributed by atoms with van der Waals surface area (Å²) in [7, 11) is 0. The molecule has 0 spiro atoms. The highest BCUT2D eigenvalue weighted by Gasteiger charge is 2.28. The molecule has 1 aliphatic heterocycles. The lowest BCUT2D eigenvalue weighted by Gasteiger charge is -2.25. The average molecular weight is 423 g/mol.